The van der Waals surface area contributed by atoms with Crippen LogP contribution < -0.4 is 10.1 Å². The van der Waals surface area contributed by atoms with Gasteiger partial charge in [0.2, 0.25) is 0 Å². The van der Waals surface area contributed by atoms with Crippen LogP contribution >= 0.6 is 0 Å². The Balaban J connectivity index is 1.91. The third-order valence-corrected chi connectivity index (χ3v) is 4.11. The van der Waals surface area contributed by atoms with Crippen LogP contribution in [0.3, 0.4) is 0 Å². The smallest absolute Gasteiger partial charge is 0.122 e. The zero-order valence-corrected chi connectivity index (χ0v) is 12.1. The van der Waals surface area contributed by atoms with Crippen molar-refractivity contribution >= 4 is 5.69 Å². The van der Waals surface area contributed by atoms with E-state index >= 15 is 0 Å². The van der Waals surface area contributed by atoms with Crippen molar-refractivity contribution in [2.24, 2.45) is 0 Å². The van der Waals surface area contributed by atoms with Crippen LogP contribution in [0.2, 0.25) is 0 Å². The van der Waals surface area contributed by atoms with Gasteiger partial charge >= 0.3 is 0 Å². The average Bonchev–Trinajstić information content (AvgIpc) is 2.48. The van der Waals surface area contributed by atoms with Gasteiger partial charge < -0.3 is 10.1 Å². The van der Waals surface area contributed by atoms with E-state index < -0.39 is 0 Å². The highest BCUT2D eigenvalue weighted by Crippen LogP contribution is 2.35. The van der Waals surface area contributed by atoms with Gasteiger partial charge in [0.25, 0.3) is 0 Å². The van der Waals surface area contributed by atoms with E-state index in [4.69, 9.17) is 4.74 Å². The first-order chi connectivity index (χ1) is 9.78. The molecule has 0 spiro atoms. The number of rotatable bonds is 3. The Bertz CT molecular complexity index is 606. The molecule has 2 nitrogen and oxygen atoms in total. The summed E-state index contributed by atoms with van der Waals surface area (Å²) in [5.74, 6) is 1.58. The Morgan fingerprint density at radius 1 is 1.20 bits per heavy atom. The van der Waals surface area contributed by atoms with Gasteiger partial charge in [0, 0.05) is 12.2 Å². The molecule has 0 aliphatic carbocycles. The molecule has 2 aromatic carbocycles. The molecule has 1 aliphatic rings. The summed E-state index contributed by atoms with van der Waals surface area (Å²) in [5, 5.41) is 3.49. The predicted octanol–water partition coefficient (Wildman–Crippen LogP) is 4.15. The number of para-hydroxylation sites is 1. The van der Waals surface area contributed by atoms with Crippen LogP contribution in [0, 0.1) is 6.92 Å². The quantitative estimate of drug-likeness (QED) is 0.902. The van der Waals surface area contributed by atoms with Crippen LogP contribution in [0.1, 0.15) is 29.0 Å². The predicted molar refractivity (Wildman–Crippen MR) is 83.7 cm³/mol. The molecule has 1 heterocycles. The maximum Gasteiger partial charge on any atom is 0.122 e. The molecule has 0 bridgehead atoms. The van der Waals surface area contributed by atoms with E-state index in [1.54, 1.807) is 7.11 Å². The minimum absolute atomic E-state index is 0.572. The summed E-state index contributed by atoms with van der Waals surface area (Å²) < 4.78 is 5.51. The van der Waals surface area contributed by atoms with E-state index in [2.05, 4.69) is 54.7 Å². The Kier molecular flexibility index (Phi) is 3.64. The van der Waals surface area contributed by atoms with Crippen LogP contribution in [0.5, 0.6) is 5.75 Å². The summed E-state index contributed by atoms with van der Waals surface area (Å²) in [4.78, 5) is 0. The molecule has 0 amide bonds. The van der Waals surface area contributed by atoms with E-state index in [1.807, 2.05) is 0 Å². The molecule has 1 N–H and O–H groups in total. The summed E-state index contributed by atoms with van der Waals surface area (Å²) in [7, 11) is 1.75. The molecule has 20 heavy (non-hydrogen) atoms. The first kappa shape index (κ1) is 13.0. The van der Waals surface area contributed by atoms with E-state index in [1.165, 1.54) is 28.8 Å². The molecular formula is C18H21NO. The molecule has 0 saturated heterocycles. The molecule has 2 heteroatoms. The van der Waals surface area contributed by atoms with Gasteiger partial charge in [-0.15, -0.1) is 0 Å². The van der Waals surface area contributed by atoms with Crippen molar-refractivity contribution in [2.45, 2.75) is 25.7 Å². The normalized spacial score (nSPS) is 17.2. The van der Waals surface area contributed by atoms with Crippen LogP contribution in [0.15, 0.2) is 42.5 Å². The van der Waals surface area contributed by atoms with E-state index in [9.17, 15) is 0 Å². The van der Waals surface area contributed by atoms with Crippen LogP contribution in [-0.2, 0) is 6.42 Å². The fraction of sp³-hybridized carbons (Fsp3) is 0.333. The molecule has 0 aromatic heterocycles. The third-order valence-electron chi connectivity index (χ3n) is 4.11. The number of aryl methyl sites for hydroxylation is 1. The SMILES string of the molecule is COc1ccc(C)cc1CC1CCNc2ccccc21. The first-order valence-electron chi connectivity index (χ1n) is 7.24. The molecule has 0 radical (unpaired) electrons. The van der Waals surface area contributed by atoms with E-state index in [-0.39, 0.29) is 0 Å². The van der Waals surface area contributed by atoms with Crippen molar-refractivity contribution in [2.75, 3.05) is 19.0 Å². The molecule has 2 aromatic rings. The summed E-state index contributed by atoms with van der Waals surface area (Å²) in [6, 6.07) is 15.1. The third kappa shape index (κ3) is 2.51. The van der Waals surface area contributed by atoms with Crippen molar-refractivity contribution in [3.05, 3.63) is 59.2 Å². The Morgan fingerprint density at radius 3 is 2.90 bits per heavy atom. The van der Waals surface area contributed by atoms with Gasteiger partial charge in [-0.1, -0.05) is 35.9 Å². The molecule has 1 unspecified atom stereocenters. The number of ether oxygens (including phenoxy) is 1. The maximum absolute atomic E-state index is 5.51. The average molecular weight is 267 g/mol. The lowest BCUT2D eigenvalue weighted by atomic mass is 9.85. The van der Waals surface area contributed by atoms with Crippen LogP contribution in [-0.4, -0.2) is 13.7 Å². The zero-order valence-electron chi connectivity index (χ0n) is 12.1. The van der Waals surface area contributed by atoms with Gasteiger partial charge in [0.05, 0.1) is 7.11 Å². The summed E-state index contributed by atoms with van der Waals surface area (Å²) in [6.07, 6.45) is 2.22. The molecule has 0 saturated carbocycles. The number of hydrogen-bond acceptors (Lipinski definition) is 2. The van der Waals surface area contributed by atoms with Gasteiger partial charge in [-0.3, -0.25) is 0 Å². The molecular weight excluding hydrogens is 246 g/mol. The van der Waals surface area contributed by atoms with Gasteiger partial charge in [-0.25, -0.2) is 0 Å². The highest BCUT2D eigenvalue weighted by molar-refractivity contribution is 5.55. The Labute approximate surface area is 120 Å². The number of fused-ring (bicyclic) bond motifs is 1. The fourth-order valence-electron chi connectivity index (χ4n) is 3.09. The molecule has 104 valence electrons. The second-order valence-corrected chi connectivity index (χ2v) is 5.52. The highest BCUT2D eigenvalue weighted by Gasteiger charge is 2.21. The minimum Gasteiger partial charge on any atom is -0.496 e. The lowest BCUT2D eigenvalue weighted by Gasteiger charge is -2.27. The second kappa shape index (κ2) is 5.58. The van der Waals surface area contributed by atoms with Crippen LogP contribution in [0.4, 0.5) is 5.69 Å². The first-order valence-corrected chi connectivity index (χ1v) is 7.24. The van der Waals surface area contributed by atoms with Crippen molar-refractivity contribution in [3.63, 3.8) is 0 Å². The van der Waals surface area contributed by atoms with E-state index in [0.717, 1.165) is 18.7 Å². The largest absolute Gasteiger partial charge is 0.496 e. The van der Waals surface area contributed by atoms with Gasteiger partial charge in [0.15, 0.2) is 0 Å². The Hall–Kier alpha value is -1.96. The number of methoxy groups -OCH3 is 1. The second-order valence-electron chi connectivity index (χ2n) is 5.52. The summed E-state index contributed by atoms with van der Waals surface area (Å²) >= 11 is 0. The standard InChI is InChI=1S/C18H21NO/c1-13-7-8-18(20-2)15(11-13)12-14-9-10-19-17-6-4-3-5-16(14)17/h3-8,11,14,19H,9-10,12H2,1-2H3. The maximum atomic E-state index is 5.51. The molecule has 3 rings (SSSR count). The highest BCUT2D eigenvalue weighted by atomic mass is 16.5. The lowest BCUT2D eigenvalue weighted by Crippen LogP contribution is -2.18. The van der Waals surface area contributed by atoms with Crippen molar-refractivity contribution in [3.8, 4) is 5.75 Å². The summed E-state index contributed by atoms with van der Waals surface area (Å²) in [6.45, 7) is 3.19. The van der Waals surface area contributed by atoms with Gasteiger partial charge in [0.1, 0.15) is 5.75 Å². The van der Waals surface area contributed by atoms with Crippen molar-refractivity contribution in [1.29, 1.82) is 0 Å². The topological polar surface area (TPSA) is 21.3 Å². The minimum atomic E-state index is 0.572. The monoisotopic (exact) mass is 267 g/mol. The van der Waals surface area contributed by atoms with E-state index in [0.29, 0.717) is 5.92 Å². The van der Waals surface area contributed by atoms with Crippen LogP contribution in [0.25, 0.3) is 0 Å². The number of anilines is 1. The number of hydrogen-bond donors (Lipinski definition) is 1. The fourth-order valence-corrected chi connectivity index (χ4v) is 3.09. The zero-order chi connectivity index (χ0) is 13.9. The molecule has 1 aliphatic heterocycles. The molecule has 0 fully saturated rings. The van der Waals surface area contributed by atoms with Crippen molar-refractivity contribution in [1.82, 2.24) is 0 Å². The van der Waals surface area contributed by atoms with Crippen molar-refractivity contribution < 1.29 is 4.74 Å². The number of nitrogens with one attached hydrogen (secondary N) is 1. The van der Waals surface area contributed by atoms with Gasteiger partial charge in [-0.05, 0) is 48.9 Å². The number of benzene rings is 2. The lowest BCUT2D eigenvalue weighted by molar-refractivity contribution is 0.407. The van der Waals surface area contributed by atoms with Gasteiger partial charge in [-0.2, -0.15) is 0 Å². The Morgan fingerprint density at radius 2 is 2.05 bits per heavy atom. The molecule has 1 atom stereocenters. The summed E-state index contributed by atoms with van der Waals surface area (Å²) in [5.41, 5.74) is 5.33.